The van der Waals surface area contributed by atoms with E-state index in [2.05, 4.69) is 15.8 Å². The van der Waals surface area contributed by atoms with E-state index in [1.807, 2.05) is 31.2 Å². The third-order valence-electron chi connectivity index (χ3n) is 6.45. The van der Waals surface area contributed by atoms with E-state index in [1.54, 1.807) is 18.2 Å². The summed E-state index contributed by atoms with van der Waals surface area (Å²) < 4.78 is 44.4. The lowest BCUT2D eigenvalue weighted by Crippen LogP contribution is -2.63. The molecule has 0 aliphatic carbocycles. The molecule has 48 heavy (non-hydrogen) atoms. The minimum atomic E-state index is -1.43. The summed E-state index contributed by atoms with van der Waals surface area (Å²) in [6.07, 6.45) is -5.20. The molecule has 1 fully saturated rings. The summed E-state index contributed by atoms with van der Waals surface area (Å²) in [5, 5.41) is 7.53. The highest BCUT2D eigenvalue weighted by Crippen LogP contribution is 2.34. The largest absolute Gasteiger partial charge is 0.494 e. The van der Waals surface area contributed by atoms with Gasteiger partial charge in [0.25, 0.3) is 0 Å². The van der Waals surface area contributed by atoms with Gasteiger partial charge in [-0.3, -0.25) is 24.6 Å². The maximum absolute atomic E-state index is 12.1. The maximum atomic E-state index is 12.1. The molecule has 0 radical (unpaired) electrons. The van der Waals surface area contributed by atoms with Gasteiger partial charge < -0.3 is 43.2 Å². The Morgan fingerprint density at radius 3 is 2.12 bits per heavy atom. The van der Waals surface area contributed by atoms with Crippen molar-refractivity contribution >= 4 is 47.4 Å². The van der Waals surface area contributed by atoms with Crippen molar-refractivity contribution in [1.82, 2.24) is 10.7 Å². The number of esters is 4. The van der Waals surface area contributed by atoms with Crippen LogP contribution in [0.2, 0.25) is 0 Å². The molecule has 2 aromatic carbocycles. The fourth-order valence-corrected chi connectivity index (χ4v) is 4.65. The Kier molecular flexibility index (Phi) is 14.4. The van der Waals surface area contributed by atoms with Crippen molar-refractivity contribution in [2.24, 2.45) is 5.10 Å². The van der Waals surface area contributed by atoms with Crippen molar-refractivity contribution < 1.29 is 57.1 Å². The van der Waals surface area contributed by atoms with Crippen LogP contribution in [-0.4, -0.2) is 86.2 Å². The van der Waals surface area contributed by atoms with Crippen LogP contribution >= 0.6 is 12.2 Å². The van der Waals surface area contributed by atoms with Crippen molar-refractivity contribution in [3.63, 3.8) is 0 Å². The first-order chi connectivity index (χ1) is 22.9. The Bertz CT molecular complexity index is 1470. The highest BCUT2D eigenvalue weighted by Gasteiger charge is 2.53. The summed E-state index contributed by atoms with van der Waals surface area (Å²) in [7, 11) is 1.41. The number of benzene rings is 2. The van der Waals surface area contributed by atoms with Gasteiger partial charge in [-0.05, 0) is 60.6 Å². The Morgan fingerprint density at radius 1 is 0.875 bits per heavy atom. The Hall–Kier alpha value is -4.96. The van der Waals surface area contributed by atoms with Gasteiger partial charge in [-0.2, -0.15) is 5.10 Å². The van der Waals surface area contributed by atoms with Crippen LogP contribution in [0.3, 0.4) is 0 Å². The number of hydrogen-bond donors (Lipinski definition) is 2. The summed E-state index contributed by atoms with van der Waals surface area (Å²) in [4.78, 5) is 47.8. The second kappa shape index (κ2) is 18.4. The number of thiocarbonyl (C=S) groups is 1. The topological polar surface area (TPSA) is 179 Å². The van der Waals surface area contributed by atoms with Crippen LogP contribution in [0, 0.1) is 0 Å². The zero-order valence-corrected chi connectivity index (χ0v) is 28.2. The van der Waals surface area contributed by atoms with Crippen molar-refractivity contribution in [3.05, 3.63) is 53.6 Å². The summed E-state index contributed by atoms with van der Waals surface area (Å²) in [5.74, 6) is -1.72. The van der Waals surface area contributed by atoms with Crippen LogP contribution in [-0.2, 0) is 49.4 Å². The van der Waals surface area contributed by atoms with Gasteiger partial charge in [-0.1, -0.05) is 12.1 Å². The molecule has 3 rings (SSSR count). The summed E-state index contributed by atoms with van der Waals surface area (Å²) in [6, 6.07) is 12.4. The molecule has 2 aromatic rings. The Labute approximate surface area is 283 Å². The first kappa shape index (κ1) is 37.5. The van der Waals surface area contributed by atoms with E-state index < -0.39 is 61.2 Å². The molecular formula is C32H39N3O12S. The maximum Gasteiger partial charge on any atom is 0.303 e. The van der Waals surface area contributed by atoms with Crippen LogP contribution < -0.4 is 25.0 Å². The first-order valence-corrected chi connectivity index (χ1v) is 15.2. The molecule has 5 unspecified atom stereocenters. The molecule has 0 spiro atoms. The number of hydrogen-bond acceptors (Lipinski definition) is 14. The van der Waals surface area contributed by atoms with Gasteiger partial charge in [0.15, 0.2) is 28.8 Å². The third kappa shape index (κ3) is 11.7. The number of nitrogens with one attached hydrogen (secondary N) is 2. The zero-order valence-electron chi connectivity index (χ0n) is 27.4. The number of ether oxygens (including phenoxy) is 8. The molecule has 0 amide bonds. The van der Waals surface area contributed by atoms with Crippen molar-refractivity contribution in [2.75, 3.05) is 20.3 Å². The predicted octanol–water partition coefficient (Wildman–Crippen LogP) is 2.55. The number of nitrogens with zero attached hydrogens (tertiary/aromatic N) is 1. The molecule has 0 saturated carbocycles. The van der Waals surface area contributed by atoms with Gasteiger partial charge in [-0.25, -0.2) is 0 Å². The molecule has 1 aliphatic heterocycles. The molecule has 1 heterocycles. The minimum absolute atomic E-state index is 0.149. The summed E-state index contributed by atoms with van der Waals surface area (Å²) in [6.45, 7) is 7.18. The number of methoxy groups -OCH3 is 1. The van der Waals surface area contributed by atoms with Crippen LogP contribution in [0.25, 0.3) is 0 Å². The lowest BCUT2D eigenvalue weighted by atomic mass is 9.98. The average Bonchev–Trinajstić information content (AvgIpc) is 3.02. The lowest BCUT2D eigenvalue weighted by molar-refractivity contribution is -0.288. The average molecular weight is 690 g/mol. The zero-order chi connectivity index (χ0) is 35.2. The molecule has 0 aromatic heterocycles. The van der Waals surface area contributed by atoms with Crippen LogP contribution in [0.4, 0.5) is 0 Å². The van der Waals surface area contributed by atoms with Crippen LogP contribution in [0.15, 0.2) is 47.6 Å². The standard InChI is InChI=1S/C32H39N3O12S/c1-7-41-24-11-8-22(9-12-24)15-33-32(48)35-34-16-23-10-13-25(26(14-23)40-6)46-31-30(45-21(5)39)29(44-20(4)38)28(43-19(3)37)27(47-31)17-42-18(2)36/h8-14,16,27-31H,7,15,17H2,1-6H3,(H2,33,35,48). The first-order valence-electron chi connectivity index (χ1n) is 14.8. The summed E-state index contributed by atoms with van der Waals surface area (Å²) in [5.41, 5.74) is 4.35. The number of hydrazone groups is 1. The van der Waals surface area contributed by atoms with E-state index in [0.717, 1.165) is 32.1 Å². The second-order valence-corrected chi connectivity index (χ2v) is 10.6. The van der Waals surface area contributed by atoms with Gasteiger partial charge in [0.2, 0.25) is 12.4 Å². The highest BCUT2D eigenvalue weighted by atomic mass is 32.1. The van der Waals surface area contributed by atoms with Gasteiger partial charge in [0.05, 0.1) is 19.9 Å². The number of carbonyl (C=O) groups excluding carboxylic acids is 4. The van der Waals surface area contributed by atoms with Crippen molar-refractivity contribution in [3.8, 4) is 17.2 Å². The molecular weight excluding hydrogens is 650 g/mol. The van der Waals surface area contributed by atoms with Crippen molar-refractivity contribution in [1.29, 1.82) is 0 Å². The van der Waals surface area contributed by atoms with Crippen LogP contribution in [0.1, 0.15) is 45.7 Å². The molecule has 16 heteroatoms. The summed E-state index contributed by atoms with van der Waals surface area (Å²) >= 11 is 5.30. The van der Waals surface area contributed by atoms with E-state index in [-0.39, 0.29) is 11.5 Å². The number of rotatable bonds is 14. The molecule has 5 atom stereocenters. The molecule has 260 valence electrons. The van der Waals surface area contributed by atoms with E-state index in [4.69, 9.17) is 50.1 Å². The lowest BCUT2D eigenvalue weighted by Gasteiger charge is -2.44. The normalized spacial score (nSPS) is 20.2. The highest BCUT2D eigenvalue weighted by molar-refractivity contribution is 7.80. The molecule has 1 aliphatic rings. The fraction of sp³-hybridized carbons (Fsp3) is 0.438. The monoisotopic (exact) mass is 689 g/mol. The van der Waals surface area contributed by atoms with Crippen LogP contribution in [0.5, 0.6) is 17.2 Å². The van der Waals surface area contributed by atoms with Gasteiger partial charge in [-0.15, -0.1) is 0 Å². The van der Waals surface area contributed by atoms with Gasteiger partial charge >= 0.3 is 23.9 Å². The minimum Gasteiger partial charge on any atom is -0.494 e. The van der Waals surface area contributed by atoms with Gasteiger partial charge in [0, 0.05) is 34.2 Å². The Balaban J connectivity index is 1.76. The van der Waals surface area contributed by atoms with E-state index in [9.17, 15) is 19.2 Å². The SMILES string of the molecule is CCOc1ccc(CNC(=S)NN=Cc2ccc(OC3OC(COC(C)=O)C(OC(C)=O)C(OC(C)=O)C3OC(C)=O)c(OC)c2)cc1. The fourth-order valence-electron chi connectivity index (χ4n) is 4.53. The van der Waals surface area contributed by atoms with E-state index in [1.165, 1.54) is 20.2 Å². The van der Waals surface area contributed by atoms with E-state index >= 15 is 0 Å². The van der Waals surface area contributed by atoms with Crippen molar-refractivity contribution in [2.45, 2.75) is 71.9 Å². The molecule has 15 nitrogen and oxygen atoms in total. The second-order valence-electron chi connectivity index (χ2n) is 10.2. The Morgan fingerprint density at radius 2 is 1.52 bits per heavy atom. The number of carbonyl (C=O) groups is 4. The quantitative estimate of drug-likeness (QED) is 0.0971. The molecule has 0 bridgehead atoms. The van der Waals surface area contributed by atoms with E-state index in [0.29, 0.717) is 23.8 Å². The van der Waals surface area contributed by atoms with Gasteiger partial charge in [0.1, 0.15) is 18.5 Å². The predicted molar refractivity (Wildman–Crippen MR) is 173 cm³/mol. The smallest absolute Gasteiger partial charge is 0.303 e. The third-order valence-corrected chi connectivity index (χ3v) is 6.68. The molecule has 2 N–H and O–H groups in total. The molecule has 1 saturated heterocycles.